The van der Waals surface area contributed by atoms with Gasteiger partial charge in [-0.3, -0.25) is 0 Å². The van der Waals surface area contributed by atoms with Crippen molar-refractivity contribution in [3.8, 4) is 0 Å². The van der Waals surface area contributed by atoms with Crippen molar-refractivity contribution in [1.82, 2.24) is 0 Å². The highest BCUT2D eigenvalue weighted by Crippen LogP contribution is 2.27. The Labute approximate surface area is 290 Å². The van der Waals surface area contributed by atoms with Crippen molar-refractivity contribution in [3.05, 3.63) is 153 Å². The summed E-state index contributed by atoms with van der Waals surface area (Å²) in [7, 11) is 0. The fourth-order valence-corrected chi connectivity index (χ4v) is 6.16. The molecule has 1 N–H and O–H groups in total. The average Bonchev–Trinajstić information content (AvgIpc) is 3.10. The maximum absolute atomic E-state index is 15.3. The van der Waals surface area contributed by atoms with Gasteiger partial charge in [0, 0.05) is 29.8 Å². The third-order valence-electron chi connectivity index (χ3n) is 8.63. The molecule has 18 heteroatoms. The van der Waals surface area contributed by atoms with Crippen molar-refractivity contribution in [1.29, 1.82) is 0 Å². The summed E-state index contributed by atoms with van der Waals surface area (Å²) >= 11 is 0. The smallest absolute Gasteiger partial charge is 0.191 e. The van der Waals surface area contributed by atoms with E-state index in [1.807, 2.05) is 0 Å². The van der Waals surface area contributed by atoms with Crippen LogP contribution in [0.2, 0.25) is 0 Å². The van der Waals surface area contributed by atoms with Gasteiger partial charge < -0.3 is 4.90 Å². The minimum atomic E-state index is -6.18. The topological polar surface area (TPSA) is 4.44 Å². The maximum Gasteiger partial charge on any atom is 0.191 e. The number of rotatable bonds is 8. The Balaban J connectivity index is 0.000000443. The first-order valence-electron chi connectivity index (χ1n) is 15.2. The first kappa shape index (κ1) is 40.8. The molecule has 0 spiro atoms. The summed E-state index contributed by atoms with van der Waals surface area (Å²) in [6, 6.07) is 7.77. The Morgan fingerprint density at radius 1 is 0.377 bits per heavy atom. The molecule has 0 aromatic heterocycles. The van der Waals surface area contributed by atoms with Crippen LogP contribution in [0, 0.1) is 93.1 Å². The van der Waals surface area contributed by atoms with Crippen LogP contribution in [0.5, 0.6) is 0 Å². The number of hydrogen-bond acceptors (Lipinski definition) is 0. The SMILES string of the molecule is CC[NH+](CC)Cc1ccccc1.Fc1cc(F)c([B-](c2c(F)cc(F)c(F)c2F)(c2c(F)cc(F)c(F)c2F)c2c(F)cc(F)c(F)c2F)c(F)c1F. The largest absolute Gasteiger partial charge is 0.332 e. The lowest BCUT2D eigenvalue weighted by Crippen LogP contribution is -3.10. The average molecular weight is 771 g/mol. The van der Waals surface area contributed by atoms with Crippen molar-refractivity contribution >= 4 is 28.0 Å². The number of nitrogens with one attached hydrogen (secondary N) is 1. The van der Waals surface area contributed by atoms with Crippen LogP contribution < -0.4 is 26.8 Å². The van der Waals surface area contributed by atoms with Gasteiger partial charge in [0.15, 0.2) is 46.5 Å². The highest BCUT2D eigenvalue weighted by atomic mass is 19.2. The molecular weight excluding hydrogens is 749 g/mol. The lowest BCUT2D eigenvalue weighted by atomic mass is 9.12. The predicted octanol–water partition coefficient (Wildman–Crippen LogP) is 6.40. The zero-order valence-corrected chi connectivity index (χ0v) is 26.9. The summed E-state index contributed by atoms with van der Waals surface area (Å²) in [6.07, 6.45) is -6.18. The predicted molar refractivity (Wildman–Crippen MR) is 162 cm³/mol. The Morgan fingerprint density at radius 3 is 0.887 bits per heavy atom. The second-order valence-electron chi connectivity index (χ2n) is 11.5. The van der Waals surface area contributed by atoms with E-state index < -0.39 is 145 Å². The molecule has 5 rings (SSSR count). The summed E-state index contributed by atoms with van der Waals surface area (Å²) in [5, 5.41) is 0. The molecule has 0 bridgehead atoms. The molecular formula is C35H22BF16N. The quantitative estimate of drug-likeness (QED) is 0.0807. The molecule has 0 saturated heterocycles. The second kappa shape index (κ2) is 15.9. The van der Waals surface area contributed by atoms with Crippen LogP contribution in [0.25, 0.3) is 0 Å². The Morgan fingerprint density at radius 2 is 0.642 bits per heavy atom. The van der Waals surface area contributed by atoms with Crippen LogP contribution >= 0.6 is 0 Å². The summed E-state index contributed by atoms with van der Waals surface area (Å²) in [5.41, 5.74) is -9.50. The van der Waals surface area contributed by atoms with Crippen LogP contribution in [-0.2, 0) is 6.54 Å². The molecule has 0 unspecified atom stereocenters. The van der Waals surface area contributed by atoms with Crippen LogP contribution in [-0.4, -0.2) is 19.2 Å². The van der Waals surface area contributed by atoms with Gasteiger partial charge in [-0.15, -0.1) is 21.9 Å². The first-order chi connectivity index (χ1) is 24.9. The van der Waals surface area contributed by atoms with E-state index in [-0.39, 0.29) is 0 Å². The van der Waals surface area contributed by atoms with Crippen molar-refractivity contribution in [3.63, 3.8) is 0 Å². The molecule has 0 amide bonds. The van der Waals surface area contributed by atoms with E-state index in [1.54, 1.807) is 4.90 Å². The lowest BCUT2D eigenvalue weighted by Gasteiger charge is -2.44. The molecule has 0 aliphatic carbocycles. The van der Waals surface area contributed by atoms with Crippen molar-refractivity contribution in [2.75, 3.05) is 13.1 Å². The van der Waals surface area contributed by atoms with E-state index in [2.05, 4.69) is 44.2 Å². The van der Waals surface area contributed by atoms with Gasteiger partial charge in [-0.25, -0.2) is 70.2 Å². The Kier molecular flexibility index (Phi) is 12.3. The third-order valence-corrected chi connectivity index (χ3v) is 8.63. The van der Waals surface area contributed by atoms with Crippen molar-refractivity contribution < 1.29 is 75.1 Å². The van der Waals surface area contributed by atoms with E-state index in [0.29, 0.717) is 0 Å². The van der Waals surface area contributed by atoms with E-state index in [0.717, 1.165) is 6.54 Å². The monoisotopic (exact) mass is 771 g/mol. The van der Waals surface area contributed by atoms with E-state index in [9.17, 15) is 35.1 Å². The van der Waals surface area contributed by atoms with Crippen molar-refractivity contribution in [2.45, 2.75) is 20.4 Å². The second-order valence-corrected chi connectivity index (χ2v) is 11.5. The molecule has 5 aromatic rings. The van der Waals surface area contributed by atoms with Gasteiger partial charge in [0.25, 0.3) is 0 Å². The van der Waals surface area contributed by atoms with Gasteiger partial charge in [-0.05, 0) is 13.8 Å². The van der Waals surface area contributed by atoms with Crippen LogP contribution in [0.1, 0.15) is 19.4 Å². The van der Waals surface area contributed by atoms with Crippen molar-refractivity contribution in [2.24, 2.45) is 0 Å². The van der Waals surface area contributed by atoms with Gasteiger partial charge in [0.1, 0.15) is 36.0 Å². The zero-order valence-electron chi connectivity index (χ0n) is 26.9. The molecule has 0 fully saturated rings. The highest BCUT2D eigenvalue weighted by molar-refractivity contribution is 7.20. The third kappa shape index (κ3) is 7.20. The number of benzene rings is 5. The fraction of sp³-hybridized carbons (Fsp3) is 0.143. The molecule has 0 heterocycles. The summed E-state index contributed by atoms with van der Waals surface area (Å²) in [6.45, 7) is 8.06. The Hall–Kier alpha value is -5.00. The van der Waals surface area contributed by atoms with E-state index in [1.165, 1.54) is 18.7 Å². The van der Waals surface area contributed by atoms with Gasteiger partial charge >= 0.3 is 0 Å². The molecule has 0 aliphatic rings. The molecule has 282 valence electrons. The minimum absolute atomic E-state index is 0.731. The van der Waals surface area contributed by atoms with Gasteiger partial charge in [-0.2, -0.15) is 0 Å². The summed E-state index contributed by atoms with van der Waals surface area (Å²) < 4.78 is 235. The highest BCUT2D eigenvalue weighted by Gasteiger charge is 2.49. The molecule has 0 atom stereocenters. The fourth-order valence-electron chi connectivity index (χ4n) is 6.16. The number of hydrogen-bond donors (Lipinski definition) is 1. The van der Waals surface area contributed by atoms with Crippen LogP contribution in [0.4, 0.5) is 70.2 Å². The Bertz CT molecular complexity index is 1910. The van der Waals surface area contributed by atoms with Crippen LogP contribution in [0.15, 0.2) is 54.6 Å². The van der Waals surface area contributed by atoms with E-state index >= 15 is 35.1 Å². The summed E-state index contributed by atoms with van der Waals surface area (Å²) in [4.78, 5) is 1.64. The van der Waals surface area contributed by atoms with Gasteiger partial charge in [0.05, 0.1) is 36.4 Å². The van der Waals surface area contributed by atoms with Crippen LogP contribution in [0.3, 0.4) is 0 Å². The molecule has 0 aliphatic heterocycles. The van der Waals surface area contributed by atoms with Gasteiger partial charge in [-0.1, -0.05) is 30.3 Å². The molecule has 53 heavy (non-hydrogen) atoms. The maximum atomic E-state index is 15.3. The molecule has 0 saturated carbocycles. The molecule has 5 aromatic carbocycles. The standard InChI is InChI=1S/C24H4BF16.C11H17N/c26-5-1-9(30)17(34)21(38)13(5)25(14-6(27)2-10(31)18(35)22(14)39,15-7(28)3-11(32)19(36)23(15)40)16-8(29)4-12(33)20(37)24(16)41;1-3-12(4-2)10-11-8-6-5-7-9-11/h1-4H;5-9H,3-4,10H2,1-2H3/q-1;/p+1. The molecule has 1 nitrogen and oxygen atoms in total. The zero-order chi connectivity index (χ0) is 39.7. The van der Waals surface area contributed by atoms with E-state index in [4.69, 9.17) is 0 Å². The summed E-state index contributed by atoms with van der Waals surface area (Å²) in [5.74, 6) is -45.1. The lowest BCUT2D eigenvalue weighted by molar-refractivity contribution is -0.910. The normalized spacial score (nSPS) is 11.6. The molecule has 0 radical (unpaired) electrons. The minimum Gasteiger partial charge on any atom is -0.332 e. The number of quaternary nitrogens is 1. The first-order valence-corrected chi connectivity index (χ1v) is 15.2. The van der Waals surface area contributed by atoms with Gasteiger partial charge in [0.2, 0.25) is 0 Å². The number of halogens is 16.